The Morgan fingerprint density at radius 1 is 0.414 bits per heavy atom. The van der Waals surface area contributed by atoms with Crippen molar-refractivity contribution in [1.82, 2.24) is 0 Å². The molecule has 0 spiro atoms. The molecule has 0 saturated heterocycles. The molecule has 8 rings (SSSR count). The van der Waals surface area contributed by atoms with Crippen LogP contribution in [0.3, 0.4) is 0 Å². The summed E-state index contributed by atoms with van der Waals surface area (Å²) in [7, 11) is 18.8. The Labute approximate surface area is 433 Å². The van der Waals surface area contributed by atoms with Gasteiger partial charge in [-0.25, -0.2) is 0 Å². The zero-order chi connectivity index (χ0) is 51.3. The van der Waals surface area contributed by atoms with E-state index < -0.39 is 21.5 Å². The van der Waals surface area contributed by atoms with E-state index in [2.05, 4.69) is 257 Å². The van der Waals surface area contributed by atoms with Crippen molar-refractivity contribution >= 4 is 46.2 Å². The third-order valence-corrected chi connectivity index (χ3v) is 67.6. The van der Waals surface area contributed by atoms with Gasteiger partial charge in [0.1, 0.15) is 0 Å². The summed E-state index contributed by atoms with van der Waals surface area (Å²) < 4.78 is -0.288. The summed E-state index contributed by atoms with van der Waals surface area (Å²) in [5, 5.41) is 0. The molecule has 0 saturated carbocycles. The molecule has 0 aliphatic heterocycles. The van der Waals surface area contributed by atoms with Crippen molar-refractivity contribution in [1.29, 1.82) is 0 Å². The van der Waals surface area contributed by atoms with Gasteiger partial charge in [-0.05, 0) is 0 Å². The van der Waals surface area contributed by atoms with Crippen LogP contribution in [0.1, 0.15) is 197 Å². The quantitative estimate of drug-likeness (QED) is 0.127. The second kappa shape index (κ2) is 18.4. The fourth-order valence-electron chi connectivity index (χ4n) is 11.6. The van der Waals surface area contributed by atoms with Crippen LogP contribution in [0.15, 0.2) is 121 Å². The molecule has 6 aromatic rings. The number of benzene rings is 6. The van der Waals surface area contributed by atoms with Gasteiger partial charge in [-0.15, -0.1) is 0 Å². The van der Waals surface area contributed by atoms with Gasteiger partial charge in [-0.3, -0.25) is 0 Å². The summed E-state index contributed by atoms with van der Waals surface area (Å²) in [5.74, 6) is -1.37. The minimum atomic E-state index is -5.46. The molecule has 0 nitrogen and oxygen atoms in total. The first-order chi connectivity index (χ1) is 32.4. The molecular formula is C66H81Cl2SiZr. The van der Waals surface area contributed by atoms with Crippen LogP contribution in [0.25, 0.3) is 45.6 Å². The number of hydrogen-bond donors (Lipinski definition) is 0. The molecule has 2 unspecified atom stereocenters. The van der Waals surface area contributed by atoms with Crippen LogP contribution >= 0.6 is 17.0 Å². The van der Waals surface area contributed by atoms with E-state index in [4.69, 9.17) is 0 Å². The molecule has 0 heterocycles. The van der Waals surface area contributed by atoms with Gasteiger partial charge in [-0.1, -0.05) is 0 Å². The number of halogens is 2. The zero-order valence-corrected chi connectivity index (χ0v) is 51.0. The number of hydrogen-bond acceptors (Lipinski definition) is 0. The van der Waals surface area contributed by atoms with E-state index in [0.29, 0.717) is 11.8 Å². The molecule has 367 valence electrons. The van der Waals surface area contributed by atoms with Crippen LogP contribution in [0, 0.1) is 0 Å². The monoisotopic (exact) mass is 1060 g/mol. The van der Waals surface area contributed by atoms with E-state index >= 15 is 0 Å². The van der Waals surface area contributed by atoms with Crippen LogP contribution in [-0.2, 0) is 37.2 Å². The standard InChI is InChI=1S/2C32H37.C2H7Si.2ClH.Zr/c2*1-21(2)28-15-14-23-16-24(22-12-10-9-11-13-22)19-29(23)30(28)25-17-26(31(3,4)5)20-27(18-25)32(6,7)8;1-3-2;;;/h2*9-21H,1-8H3;3H,1-2H3;2*1H;/q;;;;;+2/p-2. The average molecular weight is 1060 g/mol. The Bertz CT molecular complexity index is 2760. The van der Waals surface area contributed by atoms with E-state index in [0.717, 1.165) is 0 Å². The van der Waals surface area contributed by atoms with Gasteiger partial charge in [0.2, 0.25) is 0 Å². The number of fused-ring (bicyclic) bond motifs is 2. The van der Waals surface area contributed by atoms with E-state index in [1.54, 1.807) is 0 Å². The summed E-state index contributed by atoms with van der Waals surface area (Å²) >= 11 is -5.46. The van der Waals surface area contributed by atoms with Gasteiger partial charge in [0.15, 0.2) is 0 Å². The van der Waals surface area contributed by atoms with Crippen LogP contribution in [-0.4, -0.2) is 5.92 Å². The van der Waals surface area contributed by atoms with Gasteiger partial charge in [0.05, 0.1) is 0 Å². The van der Waals surface area contributed by atoms with E-state index in [1.807, 2.05) is 0 Å². The van der Waals surface area contributed by atoms with Crippen molar-refractivity contribution in [2.75, 3.05) is 0 Å². The summed E-state index contributed by atoms with van der Waals surface area (Å²) in [6.07, 6.45) is 5.10. The SMILES string of the molecule is CC(C)c1ccc2c(c1-c1cc(C(C)(C)C)cc(C(C)(C)C)c1)C=C(c1ccccc1)[CH]2[Zr]([Cl])([Cl])([CH]1C(c2ccccc2)=Cc2c1ccc(C(C)C)c2-c1cc(C(C)(C)C)cc(C(C)(C)C)c1)[SiH](C)C. The molecular weight excluding hydrogens is 983 g/mol. The van der Waals surface area contributed by atoms with Crippen molar-refractivity contribution in [3.8, 4) is 22.3 Å². The molecule has 4 heteroatoms. The molecule has 2 aliphatic rings. The number of allylic oxidation sites excluding steroid dienone is 2. The topological polar surface area (TPSA) is 0 Å². The molecule has 6 aromatic carbocycles. The third kappa shape index (κ3) is 9.38. The molecule has 0 amide bonds. The zero-order valence-electron chi connectivity index (χ0n) is 45.8. The van der Waals surface area contributed by atoms with Gasteiger partial charge in [0, 0.05) is 0 Å². The summed E-state index contributed by atoms with van der Waals surface area (Å²) in [5.41, 5.74) is 23.5. The predicted molar refractivity (Wildman–Crippen MR) is 311 cm³/mol. The molecule has 0 fully saturated rings. The fourth-order valence-corrected chi connectivity index (χ4v) is 41.7. The van der Waals surface area contributed by atoms with Crippen molar-refractivity contribution in [2.24, 2.45) is 0 Å². The normalized spacial score (nSPS) is 17.2. The van der Waals surface area contributed by atoms with Crippen LogP contribution in [0.2, 0.25) is 13.1 Å². The fraction of sp³-hybridized carbons (Fsp3) is 0.394. The first-order valence-electron chi connectivity index (χ1n) is 26.2. The van der Waals surface area contributed by atoms with Gasteiger partial charge < -0.3 is 0 Å². The summed E-state index contributed by atoms with van der Waals surface area (Å²) in [6, 6.07) is 46.9. The second-order valence-corrected chi connectivity index (χ2v) is 68.7. The predicted octanol–water partition coefficient (Wildman–Crippen LogP) is 20.3. The van der Waals surface area contributed by atoms with Crippen molar-refractivity contribution < 1.29 is 15.6 Å². The molecule has 2 aliphatic carbocycles. The van der Waals surface area contributed by atoms with Crippen LogP contribution in [0.4, 0.5) is 0 Å². The maximum atomic E-state index is 9.38. The Morgan fingerprint density at radius 3 is 0.971 bits per heavy atom. The molecule has 0 radical (unpaired) electrons. The van der Waals surface area contributed by atoms with Gasteiger partial charge >= 0.3 is 437 Å². The molecule has 0 N–H and O–H groups in total. The van der Waals surface area contributed by atoms with Gasteiger partial charge in [0.25, 0.3) is 0 Å². The van der Waals surface area contributed by atoms with Gasteiger partial charge in [-0.2, -0.15) is 0 Å². The Kier molecular flexibility index (Phi) is 13.9. The van der Waals surface area contributed by atoms with Crippen LogP contribution in [0.5, 0.6) is 0 Å². The van der Waals surface area contributed by atoms with E-state index in [9.17, 15) is 17.0 Å². The second-order valence-electron chi connectivity index (χ2n) is 26.2. The van der Waals surface area contributed by atoms with Crippen LogP contribution < -0.4 is 0 Å². The van der Waals surface area contributed by atoms with Crippen molar-refractivity contribution in [3.63, 3.8) is 0 Å². The third-order valence-electron chi connectivity index (χ3n) is 16.0. The average Bonchev–Trinajstić information content (AvgIpc) is 3.89. The molecule has 2 atom stereocenters. The number of rotatable bonds is 9. The summed E-state index contributed by atoms with van der Waals surface area (Å²) in [4.78, 5) is 0. The molecule has 0 bridgehead atoms. The molecule has 0 aromatic heterocycles. The van der Waals surface area contributed by atoms with Crippen molar-refractivity contribution in [3.05, 3.63) is 188 Å². The molecule has 70 heavy (non-hydrogen) atoms. The first kappa shape index (κ1) is 52.8. The van der Waals surface area contributed by atoms with E-state index in [1.165, 1.54) is 100 Å². The Balaban J connectivity index is 1.50. The minimum absolute atomic E-state index is 0.0304. The Morgan fingerprint density at radius 2 is 0.714 bits per heavy atom. The Hall–Kier alpha value is -3.52. The first-order valence-corrected chi connectivity index (χ1v) is 42.5. The van der Waals surface area contributed by atoms with Crippen molar-refractivity contribution in [2.45, 2.75) is 165 Å². The maximum absolute atomic E-state index is 9.38. The summed E-state index contributed by atoms with van der Waals surface area (Å²) in [6.45, 7) is 42.5. The van der Waals surface area contributed by atoms with E-state index in [-0.39, 0.29) is 28.9 Å².